The number of amidine groups is 1. The molecular formula is C19H18F4N4O2. The van der Waals surface area contributed by atoms with Crippen LogP contribution in [0, 0.1) is 12.7 Å². The molecule has 0 aliphatic carbocycles. The SMILES string of the molecule is Cc1cnc(C(=O)Cc2ccc(F)c([C@]3(C)C[C@@H](C(F)(F)F)OC(N)=N3)c2)cn1. The maximum atomic E-state index is 14.5. The van der Waals surface area contributed by atoms with Crippen LogP contribution in [0.5, 0.6) is 0 Å². The van der Waals surface area contributed by atoms with Crippen molar-refractivity contribution in [2.45, 2.75) is 44.5 Å². The van der Waals surface area contributed by atoms with Crippen LogP contribution in [0.25, 0.3) is 0 Å². The summed E-state index contributed by atoms with van der Waals surface area (Å²) in [5, 5.41) is 0. The van der Waals surface area contributed by atoms with Crippen molar-refractivity contribution in [2.24, 2.45) is 10.7 Å². The minimum atomic E-state index is -4.68. The van der Waals surface area contributed by atoms with E-state index in [0.29, 0.717) is 11.3 Å². The van der Waals surface area contributed by atoms with Crippen molar-refractivity contribution in [3.05, 3.63) is 58.9 Å². The number of alkyl halides is 3. The Morgan fingerprint density at radius 2 is 2.03 bits per heavy atom. The topological polar surface area (TPSA) is 90.5 Å². The van der Waals surface area contributed by atoms with Crippen molar-refractivity contribution >= 4 is 11.8 Å². The molecule has 0 bridgehead atoms. The molecule has 2 aromatic rings. The van der Waals surface area contributed by atoms with Crippen LogP contribution in [0.1, 0.15) is 40.7 Å². The summed E-state index contributed by atoms with van der Waals surface area (Å²) in [6.45, 7) is 3.07. The number of ketones is 1. The number of Topliss-reactive ketones (excluding diaryl/α,β-unsaturated/α-hetero) is 1. The van der Waals surface area contributed by atoms with Crippen molar-refractivity contribution in [3.8, 4) is 0 Å². The van der Waals surface area contributed by atoms with Crippen LogP contribution in [0.2, 0.25) is 0 Å². The number of carbonyl (C=O) groups is 1. The summed E-state index contributed by atoms with van der Waals surface area (Å²) in [6, 6.07) is 3.13. The molecule has 6 nitrogen and oxygen atoms in total. The maximum Gasteiger partial charge on any atom is 0.425 e. The van der Waals surface area contributed by atoms with Gasteiger partial charge in [0.2, 0.25) is 0 Å². The first-order valence-corrected chi connectivity index (χ1v) is 8.67. The summed E-state index contributed by atoms with van der Waals surface area (Å²) in [5.41, 5.74) is 4.91. The Balaban J connectivity index is 1.91. The van der Waals surface area contributed by atoms with E-state index >= 15 is 0 Å². The number of benzene rings is 1. The first kappa shape index (κ1) is 20.7. The molecule has 0 saturated carbocycles. The Hall–Kier alpha value is -3.04. The molecule has 1 aliphatic heterocycles. The highest BCUT2D eigenvalue weighted by Crippen LogP contribution is 2.40. The number of ether oxygens (including phenoxy) is 1. The van der Waals surface area contributed by atoms with E-state index in [1.807, 2.05) is 0 Å². The van der Waals surface area contributed by atoms with Crippen molar-refractivity contribution < 1.29 is 27.1 Å². The first-order chi connectivity index (χ1) is 13.5. The van der Waals surface area contributed by atoms with E-state index in [4.69, 9.17) is 5.73 Å². The van der Waals surface area contributed by atoms with Crippen LogP contribution in [0.4, 0.5) is 17.6 Å². The van der Waals surface area contributed by atoms with E-state index < -0.39 is 36.1 Å². The van der Waals surface area contributed by atoms with Gasteiger partial charge in [-0.2, -0.15) is 13.2 Å². The number of rotatable bonds is 4. The summed E-state index contributed by atoms with van der Waals surface area (Å²) in [4.78, 5) is 24.3. The molecule has 1 aromatic carbocycles. The number of hydrogen-bond donors (Lipinski definition) is 1. The molecule has 2 N–H and O–H groups in total. The lowest BCUT2D eigenvalue weighted by atomic mass is 9.84. The van der Waals surface area contributed by atoms with Gasteiger partial charge >= 0.3 is 6.18 Å². The molecule has 0 radical (unpaired) electrons. The highest BCUT2D eigenvalue weighted by Gasteiger charge is 2.50. The van der Waals surface area contributed by atoms with Gasteiger partial charge in [0, 0.05) is 24.6 Å². The summed E-state index contributed by atoms with van der Waals surface area (Å²) in [7, 11) is 0. The predicted octanol–water partition coefficient (Wildman–Crippen LogP) is 3.23. The van der Waals surface area contributed by atoms with E-state index in [0.717, 1.165) is 6.07 Å². The molecule has 154 valence electrons. The number of halogens is 4. The number of aliphatic imine (C=N–C) groups is 1. The van der Waals surface area contributed by atoms with Crippen molar-refractivity contribution in [2.75, 3.05) is 0 Å². The lowest BCUT2D eigenvalue weighted by Crippen LogP contribution is -2.46. The molecule has 0 unspecified atom stereocenters. The minimum absolute atomic E-state index is 0.0988. The molecule has 2 heterocycles. The zero-order chi connectivity index (χ0) is 21.4. The lowest BCUT2D eigenvalue weighted by molar-refractivity contribution is -0.208. The number of aryl methyl sites for hydroxylation is 1. The second-order valence-corrected chi connectivity index (χ2v) is 7.03. The van der Waals surface area contributed by atoms with Crippen LogP contribution in [0.15, 0.2) is 35.6 Å². The van der Waals surface area contributed by atoms with Crippen LogP contribution in [0.3, 0.4) is 0 Å². The van der Waals surface area contributed by atoms with Crippen LogP contribution in [-0.2, 0) is 16.7 Å². The number of hydrogen-bond acceptors (Lipinski definition) is 6. The van der Waals surface area contributed by atoms with Crippen LogP contribution in [-0.4, -0.2) is 34.1 Å². The van der Waals surface area contributed by atoms with E-state index in [-0.39, 0.29) is 23.5 Å². The largest absolute Gasteiger partial charge is 0.452 e. The van der Waals surface area contributed by atoms with Crippen LogP contribution >= 0.6 is 0 Å². The molecule has 29 heavy (non-hydrogen) atoms. The molecule has 3 rings (SSSR count). The number of aromatic nitrogens is 2. The van der Waals surface area contributed by atoms with Gasteiger partial charge < -0.3 is 10.5 Å². The smallest absolute Gasteiger partial charge is 0.425 e. The van der Waals surface area contributed by atoms with Gasteiger partial charge in [-0.1, -0.05) is 6.07 Å². The molecule has 1 aliphatic rings. The van der Waals surface area contributed by atoms with Gasteiger partial charge in [-0.3, -0.25) is 9.78 Å². The fourth-order valence-corrected chi connectivity index (χ4v) is 3.12. The average Bonchev–Trinajstić information content (AvgIpc) is 2.62. The number of nitrogens with two attached hydrogens (primary N) is 1. The Morgan fingerprint density at radius 1 is 1.31 bits per heavy atom. The van der Waals surface area contributed by atoms with E-state index in [2.05, 4.69) is 19.7 Å². The second kappa shape index (κ2) is 7.41. The summed E-state index contributed by atoms with van der Waals surface area (Å²) in [6.07, 6.45) is -4.88. The van der Waals surface area contributed by atoms with E-state index in [1.54, 1.807) is 6.92 Å². The monoisotopic (exact) mass is 410 g/mol. The number of nitrogens with zero attached hydrogens (tertiary/aromatic N) is 3. The summed E-state index contributed by atoms with van der Waals surface area (Å²) < 4.78 is 58.6. The highest BCUT2D eigenvalue weighted by molar-refractivity contribution is 5.95. The molecule has 1 aromatic heterocycles. The molecule has 0 amide bonds. The standard InChI is InChI=1S/C19H18F4N4O2/c1-10-8-26-14(9-25-10)15(28)6-11-3-4-13(20)12(5-11)18(2)7-16(19(21,22)23)29-17(24)27-18/h3-5,8-9,16H,6-7H2,1-2H3,(H2,24,27)/t16-,18-/m0/s1. The Morgan fingerprint density at radius 3 is 2.66 bits per heavy atom. The third-order valence-corrected chi connectivity index (χ3v) is 4.61. The molecular weight excluding hydrogens is 392 g/mol. The maximum absolute atomic E-state index is 14.5. The Labute approximate surface area is 163 Å². The van der Waals surface area contributed by atoms with Gasteiger partial charge in [-0.15, -0.1) is 0 Å². The molecule has 0 spiro atoms. The third kappa shape index (κ3) is 4.52. The fourth-order valence-electron chi connectivity index (χ4n) is 3.12. The van der Waals surface area contributed by atoms with Gasteiger partial charge in [0.15, 0.2) is 11.9 Å². The average molecular weight is 410 g/mol. The zero-order valence-corrected chi connectivity index (χ0v) is 15.6. The lowest BCUT2D eigenvalue weighted by Gasteiger charge is -2.36. The van der Waals surface area contributed by atoms with Gasteiger partial charge in [-0.05, 0) is 31.5 Å². The van der Waals surface area contributed by atoms with Gasteiger partial charge in [-0.25, -0.2) is 14.4 Å². The van der Waals surface area contributed by atoms with E-state index in [1.165, 1.54) is 31.5 Å². The molecule has 0 fully saturated rings. The second-order valence-electron chi connectivity index (χ2n) is 7.03. The van der Waals surface area contributed by atoms with Gasteiger partial charge in [0.25, 0.3) is 6.02 Å². The van der Waals surface area contributed by atoms with Gasteiger partial charge in [0.05, 0.1) is 17.4 Å². The van der Waals surface area contributed by atoms with E-state index in [9.17, 15) is 22.4 Å². The summed E-state index contributed by atoms with van der Waals surface area (Å²) in [5.74, 6) is -1.11. The highest BCUT2D eigenvalue weighted by atomic mass is 19.4. The van der Waals surface area contributed by atoms with Crippen molar-refractivity contribution in [1.29, 1.82) is 0 Å². The zero-order valence-electron chi connectivity index (χ0n) is 15.6. The molecule has 0 saturated heterocycles. The third-order valence-electron chi connectivity index (χ3n) is 4.61. The Kier molecular flexibility index (Phi) is 5.29. The Bertz CT molecular complexity index is 960. The van der Waals surface area contributed by atoms with Crippen LogP contribution < -0.4 is 5.73 Å². The quantitative estimate of drug-likeness (QED) is 0.617. The minimum Gasteiger partial charge on any atom is -0.452 e. The number of carbonyl (C=O) groups excluding carboxylic acids is 1. The van der Waals surface area contributed by atoms with Crippen molar-refractivity contribution in [3.63, 3.8) is 0 Å². The molecule has 2 atom stereocenters. The normalized spacial score (nSPS) is 22.0. The summed E-state index contributed by atoms with van der Waals surface area (Å²) >= 11 is 0. The predicted molar refractivity (Wildman–Crippen MR) is 95.7 cm³/mol. The van der Waals surface area contributed by atoms with Gasteiger partial charge in [0.1, 0.15) is 11.5 Å². The first-order valence-electron chi connectivity index (χ1n) is 8.67. The fraction of sp³-hybridized carbons (Fsp3) is 0.368. The molecule has 10 heteroatoms. The van der Waals surface area contributed by atoms with Crippen molar-refractivity contribution in [1.82, 2.24) is 9.97 Å².